The lowest BCUT2D eigenvalue weighted by atomic mass is 10.2. The average molecular weight is 413 g/mol. The Kier molecular flexibility index (Phi) is 6.44. The van der Waals surface area contributed by atoms with Crippen molar-refractivity contribution in [3.63, 3.8) is 0 Å². The molecule has 0 aromatic heterocycles. The van der Waals surface area contributed by atoms with Crippen molar-refractivity contribution >= 4 is 51.2 Å². The molecule has 1 fully saturated rings. The van der Waals surface area contributed by atoms with Crippen molar-refractivity contribution in [2.45, 2.75) is 13.8 Å². The van der Waals surface area contributed by atoms with E-state index in [1.54, 1.807) is 13.0 Å². The zero-order chi connectivity index (χ0) is 17.7. The number of esters is 1. The molecule has 0 atom stereocenters. The van der Waals surface area contributed by atoms with Gasteiger partial charge in [-0.2, -0.15) is 0 Å². The summed E-state index contributed by atoms with van der Waals surface area (Å²) in [5.74, 6) is -0.862. The van der Waals surface area contributed by atoms with Crippen LogP contribution in [-0.2, 0) is 19.1 Å². The first-order valence-corrected chi connectivity index (χ1v) is 9.06. The minimum Gasteiger partial charge on any atom is -0.463 e. The van der Waals surface area contributed by atoms with E-state index in [1.807, 2.05) is 19.1 Å². The Labute approximate surface area is 152 Å². The lowest BCUT2D eigenvalue weighted by molar-refractivity contribution is -0.137. The first kappa shape index (κ1) is 18.5. The van der Waals surface area contributed by atoms with E-state index in [0.717, 1.165) is 10.0 Å². The Morgan fingerprint density at radius 1 is 1.46 bits per heavy atom. The van der Waals surface area contributed by atoms with Crippen LogP contribution in [0.3, 0.4) is 0 Å². The highest BCUT2D eigenvalue weighted by atomic mass is 79.9. The second-order valence-corrected chi connectivity index (χ2v) is 6.87. The monoisotopic (exact) mass is 412 g/mol. The van der Waals surface area contributed by atoms with Gasteiger partial charge in [0.25, 0.3) is 0 Å². The van der Waals surface area contributed by atoms with Crippen LogP contribution in [0.1, 0.15) is 12.5 Å². The summed E-state index contributed by atoms with van der Waals surface area (Å²) >= 11 is 4.61. The minimum absolute atomic E-state index is 0.147. The van der Waals surface area contributed by atoms with Gasteiger partial charge in [0.1, 0.15) is 6.54 Å². The summed E-state index contributed by atoms with van der Waals surface area (Å²) in [7, 11) is 0. The van der Waals surface area contributed by atoms with Crippen molar-refractivity contribution in [1.29, 1.82) is 0 Å². The lowest BCUT2D eigenvalue weighted by Crippen LogP contribution is -2.34. The number of halogens is 1. The van der Waals surface area contributed by atoms with E-state index in [0.29, 0.717) is 10.7 Å². The fourth-order valence-electron chi connectivity index (χ4n) is 2.05. The normalized spacial score (nSPS) is 15.7. The molecule has 0 aliphatic carbocycles. The number of nitrogens with zero attached hydrogens (tertiary/aromatic N) is 1. The number of ether oxygens (including phenoxy) is 1. The predicted molar refractivity (Wildman–Crippen MR) is 96.4 cm³/mol. The summed E-state index contributed by atoms with van der Waals surface area (Å²) in [4.78, 5) is 37.0. The van der Waals surface area contributed by atoms with E-state index >= 15 is 0 Å². The Hall–Kier alpha value is -1.80. The maximum atomic E-state index is 12.2. The zero-order valence-corrected chi connectivity index (χ0v) is 15.7. The Morgan fingerprint density at radius 3 is 2.88 bits per heavy atom. The molecule has 2 rings (SSSR count). The van der Waals surface area contributed by atoms with Gasteiger partial charge in [0.15, 0.2) is 0 Å². The van der Waals surface area contributed by atoms with Crippen LogP contribution in [0.15, 0.2) is 33.8 Å². The summed E-state index contributed by atoms with van der Waals surface area (Å²) in [5.41, 5.74) is 1.64. The molecule has 1 aromatic rings. The quantitative estimate of drug-likeness (QED) is 0.594. The zero-order valence-electron chi connectivity index (χ0n) is 13.3. The number of thioether (sulfide) groups is 1. The van der Waals surface area contributed by atoms with Crippen LogP contribution in [-0.4, -0.2) is 41.6 Å². The molecular weight excluding hydrogens is 396 g/mol. The second-order valence-electron chi connectivity index (χ2n) is 5.02. The molecule has 2 amide bonds. The Bertz CT molecular complexity index is 705. The maximum absolute atomic E-state index is 12.2. The van der Waals surface area contributed by atoms with Crippen molar-refractivity contribution in [2.24, 2.45) is 0 Å². The van der Waals surface area contributed by atoms with Crippen LogP contribution in [0.5, 0.6) is 0 Å². The second kappa shape index (κ2) is 8.34. The number of rotatable bonds is 5. The minimum atomic E-state index is -0.524. The van der Waals surface area contributed by atoms with Gasteiger partial charge in [0.05, 0.1) is 23.5 Å². The van der Waals surface area contributed by atoms with E-state index in [-0.39, 0.29) is 30.7 Å². The van der Waals surface area contributed by atoms with Crippen molar-refractivity contribution < 1.29 is 19.1 Å². The molecular formula is C16H17BrN2O4S. The lowest BCUT2D eigenvalue weighted by Gasteiger charge is -2.16. The molecule has 1 heterocycles. The third kappa shape index (κ3) is 4.85. The number of anilines is 1. The van der Waals surface area contributed by atoms with E-state index < -0.39 is 5.97 Å². The number of benzene rings is 1. The number of hydrogen-bond donors (Lipinski definition) is 1. The summed E-state index contributed by atoms with van der Waals surface area (Å²) in [6, 6.07) is 5.44. The molecule has 24 heavy (non-hydrogen) atoms. The highest BCUT2D eigenvalue weighted by molar-refractivity contribution is 9.10. The summed E-state index contributed by atoms with van der Waals surface area (Å²) in [5, 5.41) is 3.18. The van der Waals surface area contributed by atoms with Gasteiger partial charge in [-0.15, -0.1) is 0 Å². The van der Waals surface area contributed by atoms with Crippen LogP contribution in [0.4, 0.5) is 5.69 Å². The first-order valence-electron chi connectivity index (χ1n) is 7.28. The van der Waals surface area contributed by atoms with Gasteiger partial charge in [-0.25, -0.2) is 4.79 Å². The Morgan fingerprint density at radius 2 is 2.21 bits per heavy atom. The summed E-state index contributed by atoms with van der Waals surface area (Å²) < 4.78 is 5.79. The molecule has 1 aliphatic rings. The van der Waals surface area contributed by atoms with Gasteiger partial charge < -0.3 is 10.1 Å². The number of carbonyl (C=O) groups excluding carboxylic acids is 3. The van der Waals surface area contributed by atoms with E-state index in [9.17, 15) is 14.4 Å². The topological polar surface area (TPSA) is 75.7 Å². The van der Waals surface area contributed by atoms with Crippen LogP contribution < -0.4 is 5.32 Å². The van der Waals surface area contributed by atoms with Crippen molar-refractivity contribution in [3.05, 3.63) is 39.3 Å². The molecule has 8 heteroatoms. The molecule has 1 N–H and O–H groups in total. The van der Waals surface area contributed by atoms with Crippen LogP contribution in [0.25, 0.3) is 0 Å². The van der Waals surface area contributed by atoms with Crippen molar-refractivity contribution in [1.82, 2.24) is 4.90 Å². The van der Waals surface area contributed by atoms with E-state index in [4.69, 9.17) is 4.74 Å². The number of carbonyl (C=O) groups is 3. The molecule has 0 radical (unpaired) electrons. The van der Waals surface area contributed by atoms with Gasteiger partial charge in [0.2, 0.25) is 11.8 Å². The van der Waals surface area contributed by atoms with Crippen LogP contribution in [0, 0.1) is 6.92 Å². The third-order valence-electron chi connectivity index (χ3n) is 3.18. The first-order chi connectivity index (χ1) is 11.4. The smallest absolute Gasteiger partial charge is 0.333 e. The molecule has 6 nitrogen and oxygen atoms in total. The van der Waals surface area contributed by atoms with Crippen LogP contribution >= 0.6 is 27.7 Å². The van der Waals surface area contributed by atoms with E-state index in [2.05, 4.69) is 21.2 Å². The average Bonchev–Trinajstić information content (AvgIpc) is 2.84. The van der Waals surface area contributed by atoms with Gasteiger partial charge in [0, 0.05) is 10.2 Å². The molecule has 1 aliphatic heterocycles. The molecule has 1 saturated heterocycles. The SMILES string of the molecule is CCOC(=O)/C=C1\SCC(=O)N1CC(=O)Nc1ccc(Br)c(C)c1. The molecule has 0 bridgehead atoms. The number of aryl methyl sites for hydroxylation is 1. The van der Waals surface area contributed by atoms with Gasteiger partial charge >= 0.3 is 5.97 Å². The largest absolute Gasteiger partial charge is 0.463 e. The molecule has 0 unspecified atom stereocenters. The van der Waals surface area contributed by atoms with Gasteiger partial charge in [-0.3, -0.25) is 14.5 Å². The fraction of sp³-hybridized carbons (Fsp3) is 0.312. The fourth-order valence-corrected chi connectivity index (χ4v) is 3.23. The standard InChI is InChI=1S/C16H17BrN2O4S/c1-3-23-16(22)7-15-19(14(21)9-24-15)8-13(20)18-11-4-5-12(17)10(2)6-11/h4-7H,3,8-9H2,1-2H3,(H,18,20)/b15-7-. The number of nitrogens with one attached hydrogen (secondary N) is 1. The Balaban J connectivity index is 2.04. The number of hydrogen-bond acceptors (Lipinski definition) is 5. The molecule has 0 spiro atoms. The molecule has 0 saturated carbocycles. The summed E-state index contributed by atoms with van der Waals surface area (Å²) in [6.45, 7) is 3.73. The van der Waals surface area contributed by atoms with E-state index in [1.165, 1.54) is 22.7 Å². The van der Waals surface area contributed by atoms with Gasteiger partial charge in [-0.05, 0) is 37.6 Å². The van der Waals surface area contributed by atoms with Crippen molar-refractivity contribution in [3.8, 4) is 0 Å². The maximum Gasteiger partial charge on any atom is 0.333 e. The highest BCUT2D eigenvalue weighted by Crippen LogP contribution is 2.28. The van der Waals surface area contributed by atoms with Crippen LogP contribution in [0.2, 0.25) is 0 Å². The highest BCUT2D eigenvalue weighted by Gasteiger charge is 2.29. The molecule has 1 aromatic carbocycles. The summed E-state index contributed by atoms with van der Waals surface area (Å²) in [6.07, 6.45) is 1.25. The molecule has 128 valence electrons. The third-order valence-corrected chi connectivity index (χ3v) is 5.10. The number of amides is 2. The van der Waals surface area contributed by atoms with Crippen molar-refractivity contribution in [2.75, 3.05) is 24.2 Å². The predicted octanol–water partition coefficient (Wildman–Crippen LogP) is 2.68. The van der Waals surface area contributed by atoms with Gasteiger partial charge in [-0.1, -0.05) is 27.7 Å².